The number of rotatable bonds is 7. The highest BCUT2D eigenvalue weighted by Gasteiger charge is 2.32. The van der Waals surface area contributed by atoms with Crippen molar-refractivity contribution in [1.29, 1.82) is 0 Å². The Hall–Kier alpha value is -0.920. The van der Waals surface area contributed by atoms with Gasteiger partial charge in [0.15, 0.2) is 0 Å². The number of hydrogen-bond acceptors (Lipinski definition) is 4. The number of sulfonamides is 1. The van der Waals surface area contributed by atoms with Gasteiger partial charge in [-0.2, -0.15) is 5.10 Å². The molecule has 0 aliphatic heterocycles. The normalized spacial score (nSPS) is 18.8. The second-order valence-electron chi connectivity index (χ2n) is 6.02. The van der Waals surface area contributed by atoms with Crippen molar-refractivity contribution in [3.63, 3.8) is 0 Å². The lowest BCUT2D eigenvalue weighted by molar-refractivity contribution is 0.294. The molecule has 0 bridgehead atoms. The Labute approximate surface area is 127 Å². The Bertz CT molecular complexity index is 547. The zero-order valence-corrected chi connectivity index (χ0v) is 13.7. The molecular weight excluding hydrogens is 288 g/mol. The van der Waals surface area contributed by atoms with Gasteiger partial charge in [0.1, 0.15) is 4.90 Å². The molecule has 0 radical (unpaired) electrons. The van der Waals surface area contributed by atoms with Gasteiger partial charge in [-0.05, 0) is 26.3 Å². The summed E-state index contributed by atoms with van der Waals surface area (Å²) in [6, 6.07) is 0. The molecule has 1 aromatic rings. The van der Waals surface area contributed by atoms with Crippen LogP contribution in [0.5, 0.6) is 0 Å². The van der Waals surface area contributed by atoms with E-state index in [1.54, 1.807) is 10.9 Å². The molecular formula is C14H26N4O2S. The smallest absolute Gasteiger partial charge is 0.244 e. The number of hydrogen-bond donors (Lipinski definition) is 2. The standard InChI is InChI=1S/C14H26N4O2S/c1-3-15-9-10-18-12-13(11-16-18)21(19,20)17-14(2)7-5-4-6-8-14/h11-12,15,17H,3-10H2,1-2H3. The van der Waals surface area contributed by atoms with Gasteiger partial charge < -0.3 is 5.32 Å². The monoisotopic (exact) mass is 314 g/mol. The van der Waals surface area contributed by atoms with Gasteiger partial charge >= 0.3 is 0 Å². The summed E-state index contributed by atoms with van der Waals surface area (Å²) in [5.74, 6) is 0. The fraction of sp³-hybridized carbons (Fsp3) is 0.786. The summed E-state index contributed by atoms with van der Waals surface area (Å²) in [4.78, 5) is 0.255. The first-order valence-corrected chi connectivity index (χ1v) is 9.21. The molecule has 1 aliphatic rings. The molecule has 1 fully saturated rings. The van der Waals surface area contributed by atoms with Crippen LogP contribution in [-0.4, -0.2) is 36.8 Å². The molecule has 21 heavy (non-hydrogen) atoms. The first-order valence-electron chi connectivity index (χ1n) is 7.72. The Morgan fingerprint density at radius 2 is 2.05 bits per heavy atom. The molecule has 0 unspecified atom stereocenters. The van der Waals surface area contributed by atoms with Crippen LogP contribution in [0.2, 0.25) is 0 Å². The highest BCUT2D eigenvalue weighted by atomic mass is 32.2. The summed E-state index contributed by atoms with van der Waals surface area (Å²) in [5, 5.41) is 7.32. The van der Waals surface area contributed by atoms with Gasteiger partial charge in [-0.1, -0.05) is 26.2 Å². The zero-order valence-electron chi connectivity index (χ0n) is 12.9. The fourth-order valence-corrected chi connectivity index (χ4v) is 4.21. The summed E-state index contributed by atoms with van der Waals surface area (Å²) in [6.45, 7) is 6.38. The average Bonchev–Trinajstić information content (AvgIpc) is 2.88. The van der Waals surface area contributed by atoms with Crippen LogP contribution in [0.25, 0.3) is 0 Å². The molecule has 120 valence electrons. The molecule has 1 aliphatic carbocycles. The zero-order chi connectivity index (χ0) is 15.3. The van der Waals surface area contributed by atoms with Crippen LogP contribution < -0.4 is 10.0 Å². The van der Waals surface area contributed by atoms with E-state index >= 15 is 0 Å². The number of likely N-dealkylation sites (N-methyl/N-ethyl adjacent to an activating group) is 1. The van der Waals surface area contributed by atoms with Crippen molar-refractivity contribution < 1.29 is 8.42 Å². The van der Waals surface area contributed by atoms with E-state index < -0.39 is 10.0 Å². The Kier molecular flexibility index (Phi) is 5.40. The van der Waals surface area contributed by atoms with Crippen molar-refractivity contribution in [3.8, 4) is 0 Å². The lowest BCUT2D eigenvalue weighted by atomic mass is 9.84. The first kappa shape index (κ1) is 16.5. The minimum Gasteiger partial charge on any atom is -0.315 e. The maximum Gasteiger partial charge on any atom is 0.244 e. The molecule has 0 amide bonds. The van der Waals surface area contributed by atoms with Crippen molar-refractivity contribution in [2.45, 2.75) is 62.9 Å². The molecule has 0 saturated heterocycles. The molecule has 0 atom stereocenters. The predicted octanol–water partition coefficient (Wildman–Crippen LogP) is 1.49. The molecule has 6 nitrogen and oxygen atoms in total. The second kappa shape index (κ2) is 6.89. The van der Waals surface area contributed by atoms with E-state index in [0.717, 1.165) is 38.8 Å². The molecule has 0 spiro atoms. The van der Waals surface area contributed by atoms with Crippen LogP contribution in [0.4, 0.5) is 0 Å². The second-order valence-corrected chi connectivity index (χ2v) is 7.70. The topological polar surface area (TPSA) is 76.0 Å². The van der Waals surface area contributed by atoms with E-state index in [1.807, 2.05) is 13.8 Å². The van der Waals surface area contributed by atoms with Gasteiger partial charge in [-0.15, -0.1) is 0 Å². The van der Waals surface area contributed by atoms with Crippen LogP contribution in [0.3, 0.4) is 0 Å². The Morgan fingerprint density at radius 1 is 1.33 bits per heavy atom. The largest absolute Gasteiger partial charge is 0.315 e. The van der Waals surface area contributed by atoms with Gasteiger partial charge in [-0.25, -0.2) is 13.1 Å². The molecule has 1 heterocycles. The number of nitrogens with zero attached hydrogens (tertiary/aromatic N) is 2. The summed E-state index contributed by atoms with van der Waals surface area (Å²) >= 11 is 0. The van der Waals surface area contributed by atoms with E-state index in [4.69, 9.17) is 0 Å². The summed E-state index contributed by atoms with van der Waals surface area (Å²) in [7, 11) is -3.48. The van der Waals surface area contributed by atoms with Crippen molar-refractivity contribution in [1.82, 2.24) is 19.8 Å². The summed E-state index contributed by atoms with van der Waals surface area (Å²) in [5.41, 5.74) is -0.317. The van der Waals surface area contributed by atoms with E-state index in [-0.39, 0.29) is 10.4 Å². The average molecular weight is 314 g/mol. The Balaban J connectivity index is 2.02. The molecule has 7 heteroatoms. The molecule has 2 N–H and O–H groups in total. The molecule has 1 saturated carbocycles. The molecule has 1 aromatic heterocycles. The van der Waals surface area contributed by atoms with Crippen LogP contribution in [0.1, 0.15) is 46.0 Å². The maximum atomic E-state index is 12.5. The van der Waals surface area contributed by atoms with E-state index in [0.29, 0.717) is 6.54 Å². The van der Waals surface area contributed by atoms with E-state index in [1.165, 1.54) is 12.6 Å². The third-order valence-corrected chi connectivity index (χ3v) is 5.62. The van der Waals surface area contributed by atoms with Gasteiger partial charge in [0.25, 0.3) is 0 Å². The van der Waals surface area contributed by atoms with Crippen molar-refractivity contribution in [2.75, 3.05) is 13.1 Å². The summed E-state index contributed by atoms with van der Waals surface area (Å²) in [6.07, 6.45) is 8.20. The highest BCUT2D eigenvalue weighted by Crippen LogP contribution is 2.29. The lowest BCUT2D eigenvalue weighted by Crippen LogP contribution is -2.46. The fourth-order valence-electron chi connectivity index (χ4n) is 2.79. The SMILES string of the molecule is CCNCCn1cc(S(=O)(=O)NC2(C)CCCCC2)cn1. The minimum atomic E-state index is -3.48. The highest BCUT2D eigenvalue weighted by molar-refractivity contribution is 7.89. The van der Waals surface area contributed by atoms with Crippen molar-refractivity contribution in [3.05, 3.63) is 12.4 Å². The lowest BCUT2D eigenvalue weighted by Gasteiger charge is -2.33. The van der Waals surface area contributed by atoms with E-state index in [2.05, 4.69) is 15.1 Å². The molecule has 0 aromatic carbocycles. The number of nitrogens with one attached hydrogen (secondary N) is 2. The van der Waals surface area contributed by atoms with E-state index in [9.17, 15) is 8.42 Å². The number of aromatic nitrogens is 2. The van der Waals surface area contributed by atoms with Crippen LogP contribution in [-0.2, 0) is 16.6 Å². The quantitative estimate of drug-likeness (QED) is 0.748. The van der Waals surface area contributed by atoms with Crippen molar-refractivity contribution >= 4 is 10.0 Å². The summed E-state index contributed by atoms with van der Waals surface area (Å²) < 4.78 is 29.5. The van der Waals surface area contributed by atoms with Crippen LogP contribution in [0.15, 0.2) is 17.3 Å². The Morgan fingerprint density at radius 3 is 2.71 bits per heavy atom. The van der Waals surface area contributed by atoms with Crippen LogP contribution in [0, 0.1) is 0 Å². The molecule has 2 rings (SSSR count). The first-order chi connectivity index (χ1) is 9.95. The van der Waals surface area contributed by atoms with Gasteiger partial charge in [0.05, 0.1) is 12.7 Å². The predicted molar refractivity (Wildman–Crippen MR) is 82.6 cm³/mol. The third kappa shape index (κ3) is 4.52. The van der Waals surface area contributed by atoms with Crippen LogP contribution >= 0.6 is 0 Å². The third-order valence-electron chi connectivity index (χ3n) is 4.03. The maximum absolute atomic E-state index is 12.5. The van der Waals surface area contributed by atoms with Gasteiger partial charge in [0, 0.05) is 18.3 Å². The van der Waals surface area contributed by atoms with Gasteiger partial charge in [-0.3, -0.25) is 4.68 Å². The minimum absolute atomic E-state index is 0.255. The van der Waals surface area contributed by atoms with Crippen molar-refractivity contribution in [2.24, 2.45) is 0 Å². The van der Waals surface area contributed by atoms with Gasteiger partial charge in [0.2, 0.25) is 10.0 Å².